The number of guanidine groups is 1. The monoisotopic (exact) mass is 377 g/mol. The number of halogens is 1. The van der Waals surface area contributed by atoms with Gasteiger partial charge in [0.1, 0.15) is 0 Å². The number of aliphatic imine (C=N–C) groups is 1. The van der Waals surface area contributed by atoms with Gasteiger partial charge in [0.25, 0.3) is 0 Å². The molecule has 0 bridgehead atoms. The standard InChI is InChI=1S/C13H19N3O2.HI/c1-4-5-10-6-9(8-16-13(14)15)7-11(17-2)12(10)18-3;/h4,6-7H,1,5,8H2,2-3H3,(H4,14,15,16);1H. The number of hydrogen-bond donors (Lipinski definition) is 2. The molecule has 19 heavy (non-hydrogen) atoms. The van der Waals surface area contributed by atoms with E-state index in [1.54, 1.807) is 14.2 Å². The topological polar surface area (TPSA) is 82.9 Å². The third-order valence-corrected chi connectivity index (χ3v) is 2.42. The lowest BCUT2D eigenvalue weighted by Crippen LogP contribution is -2.22. The molecule has 1 aromatic rings. The minimum absolute atomic E-state index is 0. The van der Waals surface area contributed by atoms with Crippen molar-refractivity contribution in [1.29, 1.82) is 0 Å². The summed E-state index contributed by atoms with van der Waals surface area (Å²) in [6, 6.07) is 3.84. The molecule has 1 rings (SSSR count). The Balaban J connectivity index is 0.00000324. The Hall–Kier alpha value is -1.44. The predicted molar refractivity (Wildman–Crippen MR) is 88.4 cm³/mol. The summed E-state index contributed by atoms with van der Waals surface area (Å²) in [5.41, 5.74) is 12.6. The molecule has 0 saturated heterocycles. The smallest absolute Gasteiger partial charge is 0.186 e. The van der Waals surface area contributed by atoms with E-state index in [1.165, 1.54) is 0 Å². The van der Waals surface area contributed by atoms with Crippen molar-refractivity contribution in [2.75, 3.05) is 14.2 Å². The summed E-state index contributed by atoms with van der Waals surface area (Å²) in [4.78, 5) is 3.98. The molecule has 0 unspecified atom stereocenters. The first-order valence-corrected chi connectivity index (χ1v) is 5.52. The van der Waals surface area contributed by atoms with E-state index in [1.807, 2.05) is 18.2 Å². The Labute approximate surface area is 130 Å². The first kappa shape index (κ1) is 17.6. The molecule has 1 aromatic carbocycles. The molecule has 0 aliphatic rings. The Morgan fingerprint density at radius 1 is 1.32 bits per heavy atom. The van der Waals surface area contributed by atoms with Gasteiger partial charge in [0.15, 0.2) is 17.5 Å². The molecule has 0 atom stereocenters. The average Bonchev–Trinajstić information content (AvgIpc) is 2.36. The van der Waals surface area contributed by atoms with Crippen LogP contribution in [0.2, 0.25) is 0 Å². The van der Waals surface area contributed by atoms with Crippen LogP contribution in [-0.4, -0.2) is 20.2 Å². The van der Waals surface area contributed by atoms with E-state index in [-0.39, 0.29) is 29.9 Å². The summed E-state index contributed by atoms with van der Waals surface area (Å²) in [5.74, 6) is 1.44. The molecule has 0 aromatic heterocycles. The summed E-state index contributed by atoms with van der Waals surface area (Å²) in [6.07, 6.45) is 2.50. The fraction of sp³-hybridized carbons (Fsp3) is 0.308. The van der Waals surface area contributed by atoms with Crippen LogP contribution >= 0.6 is 24.0 Å². The number of benzene rings is 1. The maximum absolute atomic E-state index is 5.34. The number of rotatable bonds is 6. The van der Waals surface area contributed by atoms with E-state index in [4.69, 9.17) is 20.9 Å². The highest BCUT2D eigenvalue weighted by Crippen LogP contribution is 2.33. The van der Waals surface area contributed by atoms with Crippen molar-refractivity contribution in [1.82, 2.24) is 0 Å². The van der Waals surface area contributed by atoms with Gasteiger partial charge >= 0.3 is 0 Å². The van der Waals surface area contributed by atoms with E-state index in [9.17, 15) is 0 Å². The quantitative estimate of drug-likeness (QED) is 0.343. The van der Waals surface area contributed by atoms with Gasteiger partial charge in [-0.15, -0.1) is 30.6 Å². The lowest BCUT2D eigenvalue weighted by molar-refractivity contribution is 0.352. The van der Waals surface area contributed by atoms with E-state index in [0.29, 0.717) is 24.5 Å². The normalized spacial score (nSPS) is 9.16. The van der Waals surface area contributed by atoms with Gasteiger partial charge in [-0.3, -0.25) is 0 Å². The van der Waals surface area contributed by atoms with Gasteiger partial charge in [-0.2, -0.15) is 0 Å². The molecule has 106 valence electrons. The Morgan fingerprint density at radius 3 is 2.47 bits per heavy atom. The zero-order valence-electron chi connectivity index (χ0n) is 11.2. The van der Waals surface area contributed by atoms with Crippen molar-refractivity contribution in [2.24, 2.45) is 16.5 Å². The van der Waals surface area contributed by atoms with Crippen LogP contribution in [0.1, 0.15) is 11.1 Å². The number of hydrogen-bond acceptors (Lipinski definition) is 3. The second-order valence-electron chi connectivity index (χ2n) is 3.72. The van der Waals surface area contributed by atoms with Crippen LogP contribution in [-0.2, 0) is 13.0 Å². The number of methoxy groups -OCH3 is 2. The molecular formula is C13H20IN3O2. The van der Waals surface area contributed by atoms with Crippen LogP contribution in [0.15, 0.2) is 29.8 Å². The Kier molecular flexibility index (Phi) is 7.97. The highest BCUT2D eigenvalue weighted by Gasteiger charge is 2.11. The van der Waals surface area contributed by atoms with Crippen LogP contribution in [0.5, 0.6) is 11.5 Å². The fourth-order valence-corrected chi connectivity index (χ4v) is 1.69. The van der Waals surface area contributed by atoms with Crippen LogP contribution in [0.4, 0.5) is 0 Å². The first-order chi connectivity index (χ1) is 8.62. The zero-order valence-corrected chi connectivity index (χ0v) is 13.5. The van der Waals surface area contributed by atoms with E-state index in [0.717, 1.165) is 11.1 Å². The van der Waals surface area contributed by atoms with E-state index in [2.05, 4.69) is 11.6 Å². The number of nitrogens with zero attached hydrogens (tertiary/aromatic N) is 1. The molecule has 0 aliphatic carbocycles. The lowest BCUT2D eigenvalue weighted by atomic mass is 10.1. The van der Waals surface area contributed by atoms with Crippen molar-refractivity contribution < 1.29 is 9.47 Å². The maximum atomic E-state index is 5.34. The minimum atomic E-state index is 0. The van der Waals surface area contributed by atoms with Crippen LogP contribution in [0.25, 0.3) is 0 Å². The minimum Gasteiger partial charge on any atom is -0.493 e. The molecule has 5 nitrogen and oxygen atoms in total. The maximum Gasteiger partial charge on any atom is 0.186 e. The van der Waals surface area contributed by atoms with Crippen LogP contribution in [0, 0.1) is 0 Å². The molecule has 0 spiro atoms. The molecular weight excluding hydrogens is 357 g/mol. The van der Waals surface area contributed by atoms with Crippen LogP contribution < -0.4 is 20.9 Å². The van der Waals surface area contributed by atoms with Crippen molar-refractivity contribution in [3.63, 3.8) is 0 Å². The third-order valence-electron chi connectivity index (χ3n) is 2.42. The van der Waals surface area contributed by atoms with Gasteiger partial charge in [0, 0.05) is 5.56 Å². The molecule has 0 aliphatic heterocycles. The van der Waals surface area contributed by atoms with Gasteiger partial charge in [-0.1, -0.05) is 6.08 Å². The SMILES string of the molecule is C=CCc1cc(CN=C(N)N)cc(OC)c1OC.I. The summed E-state index contributed by atoms with van der Waals surface area (Å²) in [6.45, 7) is 4.14. The number of nitrogens with two attached hydrogens (primary N) is 2. The Morgan fingerprint density at radius 2 is 2.00 bits per heavy atom. The van der Waals surface area contributed by atoms with Gasteiger partial charge in [-0.25, -0.2) is 4.99 Å². The third kappa shape index (κ3) is 4.98. The largest absolute Gasteiger partial charge is 0.493 e. The van der Waals surface area contributed by atoms with Crippen molar-refractivity contribution in [3.05, 3.63) is 35.9 Å². The van der Waals surface area contributed by atoms with E-state index < -0.39 is 0 Å². The van der Waals surface area contributed by atoms with Gasteiger partial charge in [0.05, 0.1) is 20.8 Å². The van der Waals surface area contributed by atoms with Crippen molar-refractivity contribution in [2.45, 2.75) is 13.0 Å². The molecule has 0 fully saturated rings. The molecule has 4 N–H and O–H groups in total. The number of ether oxygens (including phenoxy) is 2. The predicted octanol–water partition coefficient (Wildman–Crippen LogP) is 1.82. The average molecular weight is 377 g/mol. The van der Waals surface area contributed by atoms with Crippen LogP contribution in [0.3, 0.4) is 0 Å². The second-order valence-corrected chi connectivity index (χ2v) is 3.72. The molecule has 0 heterocycles. The summed E-state index contributed by atoms with van der Waals surface area (Å²) in [7, 11) is 3.21. The van der Waals surface area contributed by atoms with Crippen molar-refractivity contribution in [3.8, 4) is 11.5 Å². The summed E-state index contributed by atoms with van der Waals surface area (Å²) in [5, 5.41) is 0. The molecule has 0 amide bonds. The van der Waals surface area contributed by atoms with Gasteiger partial charge in [0.2, 0.25) is 0 Å². The lowest BCUT2D eigenvalue weighted by Gasteiger charge is -2.13. The zero-order chi connectivity index (χ0) is 13.5. The molecule has 6 heteroatoms. The molecule has 0 radical (unpaired) electrons. The van der Waals surface area contributed by atoms with Gasteiger partial charge < -0.3 is 20.9 Å². The van der Waals surface area contributed by atoms with Gasteiger partial charge in [-0.05, 0) is 24.1 Å². The Bertz CT molecular complexity index is 457. The highest BCUT2D eigenvalue weighted by atomic mass is 127. The summed E-state index contributed by atoms with van der Waals surface area (Å²) < 4.78 is 10.6. The highest BCUT2D eigenvalue weighted by molar-refractivity contribution is 14.0. The fourth-order valence-electron chi connectivity index (χ4n) is 1.69. The second kappa shape index (κ2) is 8.63. The number of allylic oxidation sites excluding steroid dienone is 1. The van der Waals surface area contributed by atoms with Crippen molar-refractivity contribution >= 4 is 29.9 Å². The summed E-state index contributed by atoms with van der Waals surface area (Å²) >= 11 is 0. The first-order valence-electron chi connectivity index (χ1n) is 5.52. The molecule has 0 saturated carbocycles. The van der Waals surface area contributed by atoms with E-state index >= 15 is 0 Å².